The Morgan fingerprint density at radius 3 is 2.65 bits per heavy atom. The van der Waals surface area contributed by atoms with Gasteiger partial charge in [0.15, 0.2) is 5.65 Å². The van der Waals surface area contributed by atoms with E-state index in [4.69, 9.17) is 4.98 Å². The minimum Gasteiger partial charge on any atom is -0.340 e. The van der Waals surface area contributed by atoms with E-state index in [0.717, 1.165) is 23.0 Å². The highest BCUT2D eigenvalue weighted by Gasteiger charge is 2.32. The lowest BCUT2D eigenvalue weighted by Gasteiger charge is -2.12. The van der Waals surface area contributed by atoms with Crippen LogP contribution >= 0.6 is 0 Å². The Morgan fingerprint density at radius 2 is 1.82 bits per heavy atom. The second-order valence-electron chi connectivity index (χ2n) is 7.81. The predicted octanol–water partition coefficient (Wildman–Crippen LogP) is 4.80. The number of halogens is 3. The van der Waals surface area contributed by atoms with Crippen LogP contribution in [0.15, 0.2) is 67.1 Å². The number of pyridine rings is 2. The highest BCUT2D eigenvalue weighted by molar-refractivity contribution is 5.77. The van der Waals surface area contributed by atoms with Gasteiger partial charge in [0, 0.05) is 24.0 Å². The minimum absolute atomic E-state index is 0.0503. The Kier molecular flexibility index (Phi) is 5.58. The molecule has 0 saturated carbocycles. The summed E-state index contributed by atoms with van der Waals surface area (Å²) in [5.74, 6) is 0.580. The minimum atomic E-state index is -4.40. The highest BCUT2D eigenvalue weighted by atomic mass is 19.4. The van der Waals surface area contributed by atoms with E-state index in [-0.39, 0.29) is 18.7 Å². The Hall–Kier alpha value is -4.05. The molecule has 34 heavy (non-hydrogen) atoms. The molecule has 0 unspecified atom stereocenters. The van der Waals surface area contributed by atoms with E-state index in [1.807, 2.05) is 43.5 Å². The third kappa shape index (κ3) is 4.40. The molecule has 0 aliphatic heterocycles. The van der Waals surface area contributed by atoms with Crippen molar-refractivity contribution in [1.82, 2.24) is 34.9 Å². The Morgan fingerprint density at radius 1 is 0.971 bits per heavy atom. The van der Waals surface area contributed by atoms with E-state index in [0.29, 0.717) is 22.9 Å². The number of imidazole rings is 1. The van der Waals surface area contributed by atoms with Gasteiger partial charge in [0.25, 0.3) is 0 Å². The molecule has 4 heterocycles. The van der Waals surface area contributed by atoms with Crippen LogP contribution in [0.2, 0.25) is 0 Å². The Bertz CT molecular complexity index is 1450. The fraction of sp³-hybridized carbons (Fsp3) is 0.167. The summed E-state index contributed by atoms with van der Waals surface area (Å²) < 4.78 is 41.5. The van der Waals surface area contributed by atoms with Gasteiger partial charge in [-0.1, -0.05) is 24.3 Å². The lowest BCUT2D eigenvalue weighted by Crippen LogP contribution is -2.17. The van der Waals surface area contributed by atoms with Crippen molar-refractivity contribution in [3.8, 4) is 22.6 Å². The Labute approximate surface area is 192 Å². The average Bonchev–Trinajstić information content (AvgIpc) is 3.45. The maximum Gasteiger partial charge on any atom is 0.416 e. The van der Waals surface area contributed by atoms with Gasteiger partial charge in [0.1, 0.15) is 17.8 Å². The summed E-state index contributed by atoms with van der Waals surface area (Å²) in [6.07, 6.45) is -1.09. The number of aromatic amines is 1. The smallest absolute Gasteiger partial charge is 0.340 e. The summed E-state index contributed by atoms with van der Waals surface area (Å²) in [5.41, 5.74) is 4.01. The van der Waals surface area contributed by atoms with Gasteiger partial charge in [-0.15, -0.1) is 0 Å². The lowest BCUT2D eigenvalue weighted by molar-refractivity contribution is -0.138. The zero-order valence-corrected chi connectivity index (χ0v) is 18.1. The van der Waals surface area contributed by atoms with Crippen LogP contribution in [-0.4, -0.2) is 29.5 Å². The average molecular weight is 463 g/mol. The molecule has 5 aromatic rings. The fourth-order valence-electron chi connectivity index (χ4n) is 3.81. The normalized spacial score (nSPS) is 11.9. The van der Waals surface area contributed by atoms with E-state index in [1.165, 1.54) is 18.5 Å². The van der Waals surface area contributed by atoms with Crippen molar-refractivity contribution in [3.05, 3.63) is 89.8 Å². The number of rotatable bonds is 6. The third-order valence-electron chi connectivity index (χ3n) is 5.38. The lowest BCUT2D eigenvalue weighted by atomic mass is 10.1. The molecule has 1 aromatic carbocycles. The monoisotopic (exact) mass is 463 g/mol. The number of hydrogen-bond acceptors (Lipinski definition) is 5. The quantitative estimate of drug-likeness (QED) is 0.378. The first-order chi connectivity index (χ1) is 16.4. The first-order valence-electron chi connectivity index (χ1n) is 10.6. The predicted molar refractivity (Wildman–Crippen MR) is 121 cm³/mol. The molecular weight excluding hydrogens is 443 g/mol. The van der Waals surface area contributed by atoms with E-state index in [9.17, 15) is 13.2 Å². The number of H-pyrrole nitrogens is 1. The van der Waals surface area contributed by atoms with Crippen LogP contribution in [0.4, 0.5) is 13.2 Å². The van der Waals surface area contributed by atoms with Crippen LogP contribution in [0.25, 0.3) is 28.3 Å². The second kappa shape index (κ2) is 8.71. The van der Waals surface area contributed by atoms with Crippen LogP contribution in [0, 0.1) is 6.92 Å². The molecule has 5 rings (SSSR count). The van der Waals surface area contributed by atoms with Crippen LogP contribution < -0.4 is 5.32 Å². The zero-order chi connectivity index (χ0) is 23.7. The van der Waals surface area contributed by atoms with E-state index in [1.54, 1.807) is 10.6 Å². The zero-order valence-electron chi connectivity index (χ0n) is 18.1. The SMILES string of the molecule is Cc1cccc(-c2nc(CNCc3ccccc3C(F)(F)F)[nH]c2-c2ccc3ncnn3c2)n1. The molecule has 0 fully saturated rings. The molecule has 7 nitrogen and oxygen atoms in total. The molecule has 0 aliphatic carbocycles. The molecule has 0 bridgehead atoms. The first kappa shape index (κ1) is 21.8. The van der Waals surface area contributed by atoms with Crippen LogP contribution in [0.3, 0.4) is 0 Å². The Balaban J connectivity index is 1.45. The van der Waals surface area contributed by atoms with Gasteiger partial charge in [-0.25, -0.2) is 14.5 Å². The topological polar surface area (TPSA) is 83.8 Å². The maximum atomic E-state index is 13.3. The van der Waals surface area contributed by atoms with Gasteiger partial charge in [0.05, 0.1) is 23.5 Å². The van der Waals surface area contributed by atoms with Gasteiger partial charge >= 0.3 is 6.18 Å². The van der Waals surface area contributed by atoms with Gasteiger partial charge in [-0.05, 0) is 42.8 Å². The fourth-order valence-corrected chi connectivity index (χ4v) is 3.81. The van der Waals surface area contributed by atoms with Gasteiger partial charge in [-0.2, -0.15) is 18.3 Å². The molecule has 172 valence electrons. The van der Waals surface area contributed by atoms with Crippen LogP contribution in [-0.2, 0) is 19.3 Å². The summed E-state index contributed by atoms with van der Waals surface area (Å²) in [6, 6.07) is 15.0. The summed E-state index contributed by atoms with van der Waals surface area (Å²) in [6.45, 7) is 2.20. The number of nitrogens with zero attached hydrogens (tertiary/aromatic N) is 5. The summed E-state index contributed by atoms with van der Waals surface area (Å²) in [7, 11) is 0. The summed E-state index contributed by atoms with van der Waals surface area (Å²) in [4.78, 5) is 16.8. The molecular formula is C24H20F3N7. The van der Waals surface area contributed by atoms with Crippen LogP contribution in [0.5, 0.6) is 0 Å². The number of nitrogens with one attached hydrogen (secondary N) is 2. The van der Waals surface area contributed by atoms with E-state index >= 15 is 0 Å². The van der Waals surface area contributed by atoms with Gasteiger partial charge in [-0.3, -0.25) is 4.98 Å². The van der Waals surface area contributed by atoms with Crippen molar-refractivity contribution >= 4 is 5.65 Å². The first-order valence-corrected chi connectivity index (χ1v) is 10.6. The van der Waals surface area contributed by atoms with Crippen molar-refractivity contribution in [2.45, 2.75) is 26.2 Å². The van der Waals surface area contributed by atoms with Gasteiger partial charge in [0.2, 0.25) is 0 Å². The van der Waals surface area contributed by atoms with E-state index < -0.39 is 11.7 Å². The molecule has 2 N–H and O–H groups in total. The molecule has 0 atom stereocenters. The summed E-state index contributed by atoms with van der Waals surface area (Å²) in [5, 5.41) is 7.26. The van der Waals surface area contributed by atoms with Crippen molar-refractivity contribution in [2.75, 3.05) is 0 Å². The molecule has 0 radical (unpaired) electrons. The molecule has 0 aliphatic rings. The largest absolute Gasteiger partial charge is 0.416 e. The van der Waals surface area contributed by atoms with Crippen molar-refractivity contribution in [1.29, 1.82) is 0 Å². The number of fused-ring (bicyclic) bond motifs is 1. The maximum absolute atomic E-state index is 13.3. The molecule has 0 saturated heterocycles. The molecule has 10 heteroatoms. The number of benzene rings is 1. The van der Waals surface area contributed by atoms with Crippen molar-refractivity contribution in [2.24, 2.45) is 0 Å². The molecule has 4 aromatic heterocycles. The number of aryl methyl sites for hydroxylation is 1. The summed E-state index contributed by atoms with van der Waals surface area (Å²) >= 11 is 0. The van der Waals surface area contributed by atoms with E-state index in [2.05, 4.69) is 25.4 Å². The second-order valence-corrected chi connectivity index (χ2v) is 7.81. The van der Waals surface area contributed by atoms with Gasteiger partial charge < -0.3 is 10.3 Å². The van der Waals surface area contributed by atoms with Crippen LogP contribution in [0.1, 0.15) is 22.6 Å². The number of aromatic nitrogens is 6. The van der Waals surface area contributed by atoms with Crippen molar-refractivity contribution in [3.63, 3.8) is 0 Å². The third-order valence-corrected chi connectivity index (χ3v) is 5.38. The van der Waals surface area contributed by atoms with Crippen molar-refractivity contribution < 1.29 is 13.2 Å². The molecule has 0 amide bonds. The number of hydrogen-bond donors (Lipinski definition) is 2. The standard InChI is InChI=1S/C24H20F3N7/c1-15-5-4-8-19(31-15)23-22(17-9-10-21-29-14-30-34(21)13-17)32-20(33-23)12-28-11-16-6-2-3-7-18(16)24(25,26)27/h2-10,13-14,28H,11-12H2,1H3,(H,32,33). The number of alkyl halides is 3. The molecule has 0 spiro atoms. The highest BCUT2D eigenvalue weighted by Crippen LogP contribution is 2.32.